The molecule has 1 N–H and O–H groups in total. The molecule has 0 fully saturated rings. The van der Waals surface area contributed by atoms with Crippen LogP contribution in [-0.2, 0) is 11.3 Å². The van der Waals surface area contributed by atoms with Gasteiger partial charge in [-0.2, -0.15) is 0 Å². The first kappa shape index (κ1) is 16.2. The minimum absolute atomic E-state index is 0.0726. The number of imidazole rings is 1. The van der Waals surface area contributed by atoms with Crippen LogP contribution in [0, 0.1) is 0 Å². The lowest BCUT2D eigenvalue weighted by molar-refractivity contribution is -0.118. The smallest absolute Gasteiger partial charge is 0.230 e. The van der Waals surface area contributed by atoms with E-state index in [9.17, 15) is 4.79 Å². The zero-order valence-corrected chi connectivity index (χ0v) is 14.0. The van der Waals surface area contributed by atoms with Crippen molar-refractivity contribution in [2.24, 2.45) is 0 Å². The molecule has 2 heterocycles. The fraction of sp³-hybridized carbons (Fsp3) is 0.176. The Morgan fingerprint density at radius 2 is 2.29 bits per heavy atom. The average molecular weight is 343 g/mol. The van der Waals surface area contributed by atoms with Crippen LogP contribution >= 0.6 is 11.8 Å². The molecule has 0 bridgehead atoms. The van der Waals surface area contributed by atoms with Gasteiger partial charge in [0.05, 0.1) is 31.4 Å². The highest BCUT2D eigenvalue weighted by molar-refractivity contribution is 7.99. The third-order valence-electron chi connectivity index (χ3n) is 3.31. The third-order valence-corrected chi connectivity index (χ3v) is 4.28. The number of carbonyl (C=O) groups excluding carboxylic acids is 1. The Morgan fingerprint density at radius 1 is 1.38 bits per heavy atom. The van der Waals surface area contributed by atoms with E-state index >= 15 is 0 Å². The van der Waals surface area contributed by atoms with Gasteiger partial charge in [-0.15, -0.1) is 0 Å². The maximum absolute atomic E-state index is 12.0. The number of furan rings is 1. The molecule has 0 aliphatic rings. The second-order valence-corrected chi connectivity index (χ2v) is 5.87. The molecule has 7 heteroatoms. The van der Waals surface area contributed by atoms with Crippen LogP contribution in [0.4, 0.5) is 0 Å². The molecule has 1 amide bonds. The van der Waals surface area contributed by atoms with E-state index in [4.69, 9.17) is 9.15 Å². The van der Waals surface area contributed by atoms with Gasteiger partial charge in [0.1, 0.15) is 11.5 Å². The predicted octanol–water partition coefficient (Wildman–Crippen LogP) is 2.88. The number of benzene rings is 1. The van der Waals surface area contributed by atoms with Crippen molar-refractivity contribution in [1.82, 2.24) is 14.9 Å². The Morgan fingerprint density at radius 3 is 3.08 bits per heavy atom. The highest BCUT2D eigenvalue weighted by atomic mass is 32.2. The molecular weight excluding hydrogens is 326 g/mol. The third kappa shape index (κ3) is 3.99. The van der Waals surface area contributed by atoms with Gasteiger partial charge < -0.3 is 14.5 Å². The van der Waals surface area contributed by atoms with Crippen molar-refractivity contribution in [3.05, 3.63) is 60.8 Å². The lowest BCUT2D eigenvalue weighted by Crippen LogP contribution is -2.24. The van der Waals surface area contributed by atoms with Gasteiger partial charge >= 0.3 is 0 Å². The Kier molecular flexibility index (Phi) is 5.22. The molecule has 0 spiro atoms. The first-order valence-corrected chi connectivity index (χ1v) is 8.34. The molecule has 0 radical (unpaired) electrons. The molecule has 0 aliphatic carbocycles. The van der Waals surface area contributed by atoms with Gasteiger partial charge in [-0.1, -0.05) is 17.8 Å². The molecule has 0 saturated heterocycles. The number of amides is 1. The van der Waals surface area contributed by atoms with Crippen LogP contribution in [0.15, 0.2) is 64.6 Å². The predicted molar refractivity (Wildman–Crippen MR) is 91.4 cm³/mol. The molecule has 1 aromatic carbocycles. The first-order valence-electron chi connectivity index (χ1n) is 7.36. The average Bonchev–Trinajstić information content (AvgIpc) is 3.29. The van der Waals surface area contributed by atoms with E-state index < -0.39 is 0 Å². The molecule has 0 unspecified atom stereocenters. The van der Waals surface area contributed by atoms with Gasteiger partial charge in [0.15, 0.2) is 5.16 Å². The molecule has 0 aliphatic heterocycles. The monoisotopic (exact) mass is 343 g/mol. The van der Waals surface area contributed by atoms with Crippen LogP contribution in [0.3, 0.4) is 0 Å². The van der Waals surface area contributed by atoms with Crippen LogP contribution in [0.1, 0.15) is 5.76 Å². The quantitative estimate of drug-likeness (QED) is 0.668. The van der Waals surface area contributed by atoms with Gasteiger partial charge in [0.25, 0.3) is 0 Å². The van der Waals surface area contributed by atoms with E-state index in [2.05, 4.69) is 10.3 Å². The lowest BCUT2D eigenvalue weighted by Gasteiger charge is -2.09. The van der Waals surface area contributed by atoms with Crippen LogP contribution in [-0.4, -0.2) is 28.3 Å². The van der Waals surface area contributed by atoms with Gasteiger partial charge in [-0.25, -0.2) is 4.98 Å². The number of nitrogens with zero attached hydrogens (tertiary/aromatic N) is 2. The van der Waals surface area contributed by atoms with Crippen molar-refractivity contribution in [3.63, 3.8) is 0 Å². The van der Waals surface area contributed by atoms with Gasteiger partial charge in [-0.3, -0.25) is 9.36 Å². The van der Waals surface area contributed by atoms with Crippen molar-refractivity contribution in [1.29, 1.82) is 0 Å². The van der Waals surface area contributed by atoms with E-state index in [1.54, 1.807) is 25.6 Å². The summed E-state index contributed by atoms with van der Waals surface area (Å²) in [6.45, 7) is 0.386. The zero-order valence-electron chi connectivity index (χ0n) is 13.1. The van der Waals surface area contributed by atoms with E-state index in [1.165, 1.54) is 11.8 Å². The van der Waals surface area contributed by atoms with E-state index in [-0.39, 0.29) is 11.7 Å². The summed E-state index contributed by atoms with van der Waals surface area (Å²) in [6.07, 6.45) is 5.15. The Balaban J connectivity index is 1.60. The lowest BCUT2D eigenvalue weighted by atomic mass is 10.3. The Hall–Kier alpha value is -2.67. The normalized spacial score (nSPS) is 10.5. The maximum Gasteiger partial charge on any atom is 0.230 e. The summed E-state index contributed by atoms with van der Waals surface area (Å²) >= 11 is 1.38. The van der Waals surface area contributed by atoms with Crippen molar-refractivity contribution in [2.45, 2.75) is 11.7 Å². The van der Waals surface area contributed by atoms with Crippen molar-refractivity contribution < 1.29 is 13.9 Å². The molecular formula is C17H17N3O3S. The second kappa shape index (κ2) is 7.74. The number of ether oxygens (including phenoxy) is 1. The molecule has 24 heavy (non-hydrogen) atoms. The minimum Gasteiger partial charge on any atom is -0.497 e. The number of methoxy groups -OCH3 is 1. The van der Waals surface area contributed by atoms with E-state index in [0.717, 1.165) is 22.4 Å². The summed E-state index contributed by atoms with van der Waals surface area (Å²) < 4.78 is 12.4. The Bertz CT molecular complexity index is 799. The standard InChI is InChI=1S/C17H17N3O3S/c1-22-14-5-2-4-13(10-14)20-8-7-18-17(20)24-12-16(21)19-11-15-6-3-9-23-15/h2-10H,11-12H2,1H3,(H,19,21). The van der Waals surface area contributed by atoms with E-state index in [1.807, 2.05) is 41.1 Å². The number of thioether (sulfide) groups is 1. The largest absolute Gasteiger partial charge is 0.497 e. The highest BCUT2D eigenvalue weighted by Gasteiger charge is 2.10. The molecule has 0 saturated carbocycles. The molecule has 2 aromatic heterocycles. The summed E-state index contributed by atoms with van der Waals surface area (Å²) in [6, 6.07) is 11.3. The Labute approximate surface area is 143 Å². The molecule has 3 aromatic rings. The van der Waals surface area contributed by atoms with Crippen molar-refractivity contribution in [3.8, 4) is 11.4 Å². The number of hydrogen-bond donors (Lipinski definition) is 1. The summed E-state index contributed by atoms with van der Waals surface area (Å²) in [5.41, 5.74) is 0.936. The van der Waals surface area contributed by atoms with Crippen molar-refractivity contribution >= 4 is 17.7 Å². The number of hydrogen-bond acceptors (Lipinski definition) is 5. The molecule has 124 valence electrons. The van der Waals surface area contributed by atoms with E-state index in [0.29, 0.717) is 6.54 Å². The minimum atomic E-state index is -0.0726. The summed E-state index contributed by atoms with van der Waals surface area (Å²) in [5.74, 6) is 1.71. The number of nitrogens with one attached hydrogen (secondary N) is 1. The topological polar surface area (TPSA) is 69.3 Å². The summed E-state index contributed by atoms with van der Waals surface area (Å²) in [4.78, 5) is 16.3. The van der Waals surface area contributed by atoms with Gasteiger partial charge in [-0.05, 0) is 24.3 Å². The number of rotatable bonds is 7. The zero-order chi connectivity index (χ0) is 16.8. The molecule has 6 nitrogen and oxygen atoms in total. The summed E-state index contributed by atoms with van der Waals surface area (Å²) in [5, 5.41) is 3.56. The molecule has 0 atom stereocenters. The fourth-order valence-corrected chi connectivity index (χ4v) is 2.94. The second-order valence-electron chi connectivity index (χ2n) is 4.93. The first-order chi connectivity index (χ1) is 11.8. The summed E-state index contributed by atoms with van der Waals surface area (Å²) in [7, 11) is 1.63. The van der Waals surface area contributed by atoms with Crippen LogP contribution in [0.2, 0.25) is 0 Å². The highest BCUT2D eigenvalue weighted by Crippen LogP contribution is 2.23. The maximum atomic E-state index is 12.0. The molecule has 3 rings (SSSR count). The number of aromatic nitrogens is 2. The SMILES string of the molecule is COc1cccc(-n2ccnc2SCC(=O)NCc2ccco2)c1. The van der Waals surface area contributed by atoms with Crippen LogP contribution < -0.4 is 10.1 Å². The van der Waals surface area contributed by atoms with Crippen molar-refractivity contribution in [2.75, 3.05) is 12.9 Å². The fourth-order valence-electron chi connectivity index (χ4n) is 2.13. The van der Waals surface area contributed by atoms with Crippen LogP contribution in [0.5, 0.6) is 5.75 Å². The van der Waals surface area contributed by atoms with Gasteiger partial charge in [0, 0.05) is 18.5 Å². The van der Waals surface area contributed by atoms with Gasteiger partial charge in [0.2, 0.25) is 5.91 Å². The number of carbonyl (C=O) groups is 1. The van der Waals surface area contributed by atoms with Crippen LogP contribution in [0.25, 0.3) is 5.69 Å².